The second kappa shape index (κ2) is 6.23. The van der Waals surface area contributed by atoms with E-state index in [0.717, 1.165) is 5.56 Å². The molecule has 0 radical (unpaired) electrons. The summed E-state index contributed by atoms with van der Waals surface area (Å²) >= 11 is 0. The minimum absolute atomic E-state index is 0.175. The SMILES string of the molecule is COc1cccn2ncc(C(=O)NC(c3cnn(C)c3)C(C)(C)C)c12. The topological polar surface area (TPSA) is 73.5 Å². The van der Waals surface area contributed by atoms with Gasteiger partial charge in [0, 0.05) is 25.0 Å². The Labute approximate surface area is 146 Å². The van der Waals surface area contributed by atoms with Gasteiger partial charge < -0.3 is 10.1 Å². The number of hydrogen-bond donors (Lipinski definition) is 1. The lowest BCUT2D eigenvalue weighted by atomic mass is 9.83. The largest absolute Gasteiger partial charge is 0.494 e. The molecule has 0 spiro atoms. The van der Waals surface area contributed by atoms with E-state index >= 15 is 0 Å². The van der Waals surface area contributed by atoms with Crippen molar-refractivity contribution in [3.8, 4) is 5.75 Å². The van der Waals surface area contributed by atoms with E-state index in [1.807, 2.05) is 25.4 Å². The Hall–Kier alpha value is -2.83. The zero-order valence-electron chi connectivity index (χ0n) is 15.1. The van der Waals surface area contributed by atoms with Gasteiger partial charge in [-0.1, -0.05) is 20.8 Å². The van der Waals surface area contributed by atoms with E-state index in [0.29, 0.717) is 16.8 Å². The van der Waals surface area contributed by atoms with Crippen molar-refractivity contribution >= 4 is 11.4 Å². The van der Waals surface area contributed by atoms with Crippen molar-refractivity contribution < 1.29 is 9.53 Å². The van der Waals surface area contributed by atoms with Gasteiger partial charge in [-0.15, -0.1) is 0 Å². The fraction of sp³-hybridized carbons (Fsp3) is 0.389. The van der Waals surface area contributed by atoms with Gasteiger partial charge in [0.05, 0.1) is 31.1 Å². The van der Waals surface area contributed by atoms with Gasteiger partial charge in [-0.3, -0.25) is 9.48 Å². The summed E-state index contributed by atoms with van der Waals surface area (Å²) in [7, 11) is 3.44. The molecule has 7 heteroatoms. The highest BCUT2D eigenvalue weighted by Gasteiger charge is 2.30. The molecule has 3 heterocycles. The number of carbonyl (C=O) groups excluding carboxylic acids is 1. The lowest BCUT2D eigenvalue weighted by Gasteiger charge is -2.30. The van der Waals surface area contributed by atoms with Crippen LogP contribution in [0.4, 0.5) is 0 Å². The van der Waals surface area contributed by atoms with Crippen LogP contribution in [0.25, 0.3) is 5.52 Å². The number of ether oxygens (including phenoxy) is 1. The lowest BCUT2D eigenvalue weighted by molar-refractivity contribution is 0.0903. The molecule has 7 nitrogen and oxygen atoms in total. The van der Waals surface area contributed by atoms with Gasteiger partial charge in [-0.05, 0) is 17.5 Å². The van der Waals surface area contributed by atoms with Gasteiger partial charge in [-0.25, -0.2) is 4.52 Å². The van der Waals surface area contributed by atoms with Crippen molar-refractivity contribution in [1.82, 2.24) is 24.7 Å². The number of hydrogen-bond acceptors (Lipinski definition) is 4. The molecule has 0 aliphatic rings. The fourth-order valence-corrected chi connectivity index (χ4v) is 2.94. The van der Waals surface area contributed by atoms with E-state index in [4.69, 9.17) is 4.74 Å². The van der Waals surface area contributed by atoms with Crippen LogP contribution in [-0.4, -0.2) is 32.4 Å². The van der Waals surface area contributed by atoms with E-state index in [2.05, 4.69) is 36.3 Å². The third-order valence-electron chi connectivity index (χ3n) is 4.17. The molecular formula is C18H23N5O2. The third kappa shape index (κ3) is 3.22. The van der Waals surface area contributed by atoms with Crippen molar-refractivity contribution in [3.63, 3.8) is 0 Å². The molecule has 1 amide bonds. The highest BCUT2D eigenvalue weighted by Crippen LogP contribution is 2.33. The van der Waals surface area contributed by atoms with Crippen LogP contribution in [0.5, 0.6) is 5.75 Å². The van der Waals surface area contributed by atoms with Crippen LogP contribution in [0.1, 0.15) is 42.7 Å². The highest BCUT2D eigenvalue weighted by atomic mass is 16.5. The summed E-state index contributed by atoms with van der Waals surface area (Å²) in [5, 5.41) is 11.6. The normalized spacial score (nSPS) is 13.0. The molecule has 0 aromatic carbocycles. The van der Waals surface area contributed by atoms with Crippen LogP contribution >= 0.6 is 0 Å². The van der Waals surface area contributed by atoms with Gasteiger partial charge in [0.1, 0.15) is 11.3 Å². The molecule has 0 saturated heterocycles. The fourth-order valence-electron chi connectivity index (χ4n) is 2.94. The predicted molar refractivity (Wildman–Crippen MR) is 94.6 cm³/mol. The van der Waals surface area contributed by atoms with Crippen LogP contribution < -0.4 is 10.1 Å². The standard InChI is InChI=1S/C18H23N5O2/c1-18(2,3)16(12-9-19-22(4)11-12)21-17(24)13-10-20-23-8-6-7-14(25-5)15(13)23/h6-11,16H,1-5H3,(H,21,24). The summed E-state index contributed by atoms with van der Waals surface area (Å²) in [6, 6.07) is 3.46. The van der Waals surface area contributed by atoms with E-state index in [1.165, 1.54) is 0 Å². The number of methoxy groups -OCH3 is 1. The summed E-state index contributed by atoms with van der Waals surface area (Å²) in [4.78, 5) is 13.0. The van der Waals surface area contributed by atoms with Crippen molar-refractivity contribution in [2.45, 2.75) is 26.8 Å². The Balaban J connectivity index is 1.98. The van der Waals surface area contributed by atoms with Crippen molar-refractivity contribution in [2.75, 3.05) is 7.11 Å². The average Bonchev–Trinajstić information content (AvgIpc) is 3.17. The first kappa shape index (κ1) is 17.0. The van der Waals surface area contributed by atoms with E-state index in [1.54, 1.807) is 34.9 Å². The molecular weight excluding hydrogens is 318 g/mol. The number of nitrogens with one attached hydrogen (secondary N) is 1. The van der Waals surface area contributed by atoms with Crippen LogP contribution in [0, 0.1) is 5.41 Å². The molecule has 1 atom stereocenters. The summed E-state index contributed by atoms with van der Waals surface area (Å²) < 4.78 is 8.76. The van der Waals surface area contributed by atoms with E-state index in [-0.39, 0.29) is 17.4 Å². The number of fused-ring (bicyclic) bond motifs is 1. The highest BCUT2D eigenvalue weighted by molar-refractivity contribution is 6.02. The third-order valence-corrected chi connectivity index (χ3v) is 4.17. The van der Waals surface area contributed by atoms with Crippen molar-refractivity contribution in [3.05, 3.63) is 48.0 Å². The smallest absolute Gasteiger partial charge is 0.255 e. The van der Waals surface area contributed by atoms with Crippen LogP contribution in [0.3, 0.4) is 0 Å². The summed E-state index contributed by atoms with van der Waals surface area (Å²) in [6.07, 6.45) is 7.06. The van der Waals surface area contributed by atoms with Crippen LogP contribution in [-0.2, 0) is 7.05 Å². The average molecular weight is 341 g/mol. The number of carbonyl (C=O) groups is 1. The number of aryl methyl sites for hydroxylation is 1. The molecule has 0 aliphatic heterocycles. The maximum absolute atomic E-state index is 13.0. The molecule has 1 unspecified atom stereocenters. The summed E-state index contributed by atoms with van der Waals surface area (Å²) in [5.74, 6) is 0.419. The Morgan fingerprint density at radius 1 is 1.28 bits per heavy atom. The van der Waals surface area contributed by atoms with Gasteiger partial charge in [-0.2, -0.15) is 10.2 Å². The maximum Gasteiger partial charge on any atom is 0.255 e. The van der Waals surface area contributed by atoms with Gasteiger partial charge >= 0.3 is 0 Å². The van der Waals surface area contributed by atoms with Crippen molar-refractivity contribution in [1.29, 1.82) is 0 Å². The zero-order chi connectivity index (χ0) is 18.2. The Morgan fingerprint density at radius 3 is 2.64 bits per heavy atom. The lowest BCUT2D eigenvalue weighted by Crippen LogP contribution is -2.36. The molecule has 3 aromatic heterocycles. The molecule has 1 N–H and O–H groups in total. The zero-order valence-corrected chi connectivity index (χ0v) is 15.1. The Morgan fingerprint density at radius 2 is 2.04 bits per heavy atom. The van der Waals surface area contributed by atoms with Gasteiger partial charge in [0.2, 0.25) is 0 Å². The first-order valence-electron chi connectivity index (χ1n) is 8.11. The molecule has 0 fully saturated rings. The van der Waals surface area contributed by atoms with Gasteiger partial charge in [0.15, 0.2) is 0 Å². The quantitative estimate of drug-likeness (QED) is 0.791. The molecule has 25 heavy (non-hydrogen) atoms. The van der Waals surface area contributed by atoms with Gasteiger partial charge in [0.25, 0.3) is 5.91 Å². The molecule has 0 bridgehead atoms. The number of pyridine rings is 1. The Kier molecular flexibility index (Phi) is 4.24. The molecule has 3 aromatic rings. The predicted octanol–water partition coefficient (Wildman–Crippen LogP) is 2.59. The van der Waals surface area contributed by atoms with Crippen LogP contribution in [0.15, 0.2) is 36.9 Å². The number of aromatic nitrogens is 4. The second-order valence-corrected chi connectivity index (χ2v) is 7.15. The first-order valence-corrected chi connectivity index (χ1v) is 8.11. The number of nitrogens with zero attached hydrogens (tertiary/aromatic N) is 4. The number of rotatable bonds is 4. The number of amides is 1. The Bertz CT molecular complexity index is 904. The molecule has 0 saturated carbocycles. The maximum atomic E-state index is 13.0. The summed E-state index contributed by atoms with van der Waals surface area (Å²) in [6.45, 7) is 6.25. The molecule has 3 rings (SSSR count). The first-order chi connectivity index (χ1) is 11.8. The second-order valence-electron chi connectivity index (χ2n) is 7.15. The van der Waals surface area contributed by atoms with Crippen molar-refractivity contribution in [2.24, 2.45) is 12.5 Å². The summed E-state index contributed by atoms with van der Waals surface area (Å²) in [5.41, 5.74) is 1.93. The minimum atomic E-state index is -0.191. The van der Waals surface area contributed by atoms with Crippen LogP contribution in [0.2, 0.25) is 0 Å². The monoisotopic (exact) mass is 341 g/mol. The minimum Gasteiger partial charge on any atom is -0.494 e. The van der Waals surface area contributed by atoms with E-state index < -0.39 is 0 Å². The molecule has 0 aliphatic carbocycles. The van der Waals surface area contributed by atoms with E-state index in [9.17, 15) is 4.79 Å². The molecule has 132 valence electrons.